The number of nitriles is 1. The maximum absolute atomic E-state index is 8.95. The maximum Gasteiger partial charge on any atom is 0.228 e. The molecular weight excluding hydrogens is 372 g/mol. The average Bonchev–Trinajstić information content (AvgIpc) is 3.02. The number of hydrogen-bond acceptors (Lipinski definition) is 7. The molecule has 1 N–H and O–H groups in total. The average molecular weight is 385 g/mol. The van der Waals surface area contributed by atoms with Gasteiger partial charge in [-0.05, 0) is 23.0 Å². The number of pyridine rings is 1. The van der Waals surface area contributed by atoms with Crippen LogP contribution in [0.2, 0.25) is 0 Å². The zero-order chi connectivity index (χ0) is 16.7. The third-order valence-corrected chi connectivity index (χ3v) is 4.78. The van der Waals surface area contributed by atoms with Gasteiger partial charge in [-0.1, -0.05) is 0 Å². The minimum absolute atomic E-state index is 0.249. The third kappa shape index (κ3) is 2.62. The maximum atomic E-state index is 8.95. The molecule has 24 heavy (non-hydrogen) atoms. The van der Waals surface area contributed by atoms with E-state index in [1.165, 1.54) is 0 Å². The highest BCUT2D eigenvalue weighted by molar-refractivity contribution is 9.10. The number of nitrogens with one attached hydrogen (secondary N) is 1. The molecule has 4 rings (SSSR count). The molecule has 0 amide bonds. The summed E-state index contributed by atoms with van der Waals surface area (Å²) in [7, 11) is 2.09. The summed E-state index contributed by atoms with van der Waals surface area (Å²) in [4.78, 5) is 15.5. The second kappa shape index (κ2) is 5.85. The van der Waals surface area contributed by atoms with Gasteiger partial charge < -0.3 is 14.6 Å². The topological polar surface area (TPSA) is 90.9 Å². The van der Waals surface area contributed by atoms with Crippen LogP contribution in [-0.2, 0) is 13.0 Å². The molecule has 7 nitrogen and oxygen atoms in total. The van der Waals surface area contributed by atoms with Gasteiger partial charge in [0.05, 0.1) is 16.4 Å². The van der Waals surface area contributed by atoms with E-state index in [0.717, 1.165) is 36.2 Å². The van der Waals surface area contributed by atoms with Gasteiger partial charge in [-0.15, -0.1) is 0 Å². The van der Waals surface area contributed by atoms with Crippen LogP contribution in [0.5, 0.6) is 0 Å². The van der Waals surface area contributed by atoms with Crippen molar-refractivity contribution in [3.05, 3.63) is 40.0 Å². The number of likely N-dealkylation sites (N-methyl/N-ethyl adjacent to an activating group) is 1. The predicted octanol–water partition coefficient (Wildman–Crippen LogP) is 2.98. The standard InChI is InChI=1S/C16H13BrN6O/c1-23-3-2-12-9(8-23)6-20-16(21-12)22-15-14(17)11-4-10(5-18)24-13(11)7-19-15/h4,6-7H,2-3,8H2,1H3,(H,19,20,21,22). The van der Waals surface area contributed by atoms with Gasteiger partial charge >= 0.3 is 0 Å². The summed E-state index contributed by atoms with van der Waals surface area (Å²) in [6.07, 6.45) is 4.35. The molecule has 0 bridgehead atoms. The van der Waals surface area contributed by atoms with Crippen molar-refractivity contribution >= 4 is 38.7 Å². The number of hydrogen-bond donors (Lipinski definition) is 1. The quantitative estimate of drug-likeness (QED) is 0.725. The highest BCUT2D eigenvalue weighted by atomic mass is 79.9. The Bertz CT molecular complexity index is 977. The first-order valence-electron chi connectivity index (χ1n) is 7.42. The Balaban J connectivity index is 1.67. The summed E-state index contributed by atoms with van der Waals surface area (Å²) in [5.41, 5.74) is 2.78. The van der Waals surface area contributed by atoms with Crippen molar-refractivity contribution in [3.8, 4) is 6.07 Å². The smallest absolute Gasteiger partial charge is 0.228 e. The predicted molar refractivity (Wildman–Crippen MR) is 91.8 cm³/mol. The van der Waals surface area contributed by atoms with Crippen molar-refractivity contribution in [2.75, 3.05) is 18.9 Å². The van der Waals surface area contributed by atoms with E-state index in [2.05, 4.69) is 48.1 Å². The number of fused-ring (bicyclic) bond motifs is 2. The van der Waals surface area contributed by atoms with E-state index in [1.807, 2.05) is 12.3 Å². The van der Waals surface area contributed by atoms with Crippen molar-refractivity contribution in [2.24, 2.45) is 0 Å². The molecule has 1 aliphatic heterocycles. The third-order valence-electron chi connectivity index (χ3n) is 3.98. The van der Waals surface area contributed by atoms with E-state index in [0.29, 0.717) is 21.8 Å². The Morgan fingerprint density at radius 3 is 3.08 bits per heavy atom. The number of rotatable bonds is 2. The fourth-order valence-corrected chi connectivity index (χ4v) is 3.26. The number of furan rings is 1. The minimum atomic E-state index is 0.249. The number of anilines is 2. The molecule has 4 heterocycles. The number of aromatic nitrogens is 3. The lowest BCUT2D eigenvalue weighted by Gasteiger charge is -2.23. The first-order valence-corrected chi connectivity index (χ1v) is 8.22. The summed E-state index contributed by atoms with van der Waals surface area (Å²) in [6.45, 7) is 1.86. The molecule has 1 aliphatic rings. The zero-order valence-corrected chi connectivity index (χ0v) is 14.5. The van der Waals surface area contributed by atoms with Crippen LogP contribution in [0.15, 0.2) is 27.3 Å². The van der Waals surface area contributed by atoms with Crippen molar-refractivity contribution < 1.29 is 4.42 Å². The minimum Gasteiger partial charge on any atom is -0.444 e. The molecule has 0 aliphatic carbocycles. The van der Waals surface area contributed by atoms with Crippen molar-refractivity contribution in [1.29, 1.82) is 5.26 Å². The van der Waals surface area contributed by atoms with E-state index in [4.69, 9.17) is 9.68 Å². The molecule has 3 aromatic heterocycles. The lowest BCUT2D eigenvalue weighted by Crippen LogP contribution is -2.27. The molecule has 0 unspecified atom stereocenters. The first kappa shape index (κ1) is 15.1. The molecule has 3 aromatic rings. The Morgan fingerprint density at radius 2 is 2.25 bits per heavy atom. The van der Waals surface area contributed by atoms with Gasteiger partial charge in [0.2, 0.25) is 11.7 Å². The van der Waals surface area contributed by atoms with E-state index >= 15 is 0 Å². The monoisotopic (exact) mass is 384 g/mol. The Hall–Kier alpha value is -2.50. The van der Waals surface area contributed by atoms with Crippen LogP contribution in [0.1, 0.15) is 17.0 Å². The second-order valence-electron chi connectivity index (χ2n) is 5.70. The Morgan fingerprint density at radius 1 is 1.38 bits per heavy atom. The molecular formula is C16H13BrN6O. The molecule has 0 saturated heterocycles. The van der Waals surface area contributed by atoms with E-state index in [9.17, 15) is 0 Å². The van der Waals surface area contributed by atoms with Crippen LogP contribution >= 0.6 is 15.9 Å². The molecule has 120 valence electrons. The molecule has 0 saturated carbocycles. The van der Waals surface area contributed by atoms with Gasteiger partial charge in [-0.3, -0.25) is 0 Å². The van der Waals surface area contributed by atoms with Crippen LogP contribution < -0.4 is 5.32 Å². The fourth-order valence-electron chi connectivity index (χ4n) is 2.75. The van der Waals surface area contributed by atoms with Gasteiger partial charge in [0.25, 0.3) is 0 Å². The summed E-state index contributed by atoms with van der Waals surface area (Å²) in [5, 5.41) is 12.9. The summed E-state index contributed by atoms with van der Waals surface area (Å²) in [5.74, 6) is 1.34. The van der Waals surface area contributed by atoms with Gasteiger partial charge in [-0.25, -0.2) is 15.0 Å². The van der Waals surface area contributed by atoms with E-state index in [-0.39, 0.29) is 5.76 Å². The van der Waals surface area contributed by atoms with Crippen molar-refractivity contribution in [3.63, 3.8) is 0 Å². The zero-order valence-electron chi connectivity index (χ0n) is 12.9. The van der Waals surface area contributed by atoms with E-state index in [1.54, 1.807) is 12.3 Å². The van der Waals surface area contributed by atoms with Gasteiger partial charge in [0.15, 0.2) is 5.58 Å². The molecule has 0 fully saturated rings. The largest absolute Gasteiger partial charge is 0.444 e. The first-order chi connectivity index (χ1) is 11.6. The van der Waals surface area contributed by atoms with Crippen molar-refractivity contribution in [1.82, 2.24) is 19.9 Å². The van der Waals surface area contributed by atoms with Crippen LogP contribution in [-0.4, -0.2) is 33.4 Å². The summed E-state index contributed by atoms with van der Waals surface area (Å²) in [6, 6.07) is 3.66. The summed E-state index contributed by atoms with van der Waals surface area (Å²) >= 11 is 3.51. The normalized spacial score (nSPS) is 14.4. The highest BCUT2D eigenvalue weighted by Gasteiger charge is 2.17. The lowest BCUT2D eigenvalue weighted by molar-refractivity contribution is 0.309. The summed E-state index contributed by atoms with van der Waals surface area (Å²) < 4.78 is 6.08. The van der Waals surface area contributed by atoms with Crippen LogP contribution in [0.4, 0.5) is 11.8 Å². The van der Waals surface area contributed by atoms with Crippen LogP contribution in [0.25, 0.3) is 11.0 Å². The lowest BCUT2D eigenvalue weighted by atomic mass is 10.1. The Kier molecular flexibility index (Phi) is 3.67. The fraction of sp³-hybridized carbons (Fsp3) is 0.250. The van der Waals surface area contributed by atoms with Crippen LogP contribution in [0.3, 0.4) is 0 Å². The van der Waals surface area contributed by atoms with Gasteiger partial charge in [0.1, 0.15) is 11.9 Å². The van der Waals surface area contributed by atoms with Gasteiger partial charge in [-0.2, -0.15) is 5.26 Å². The molecule has 0 atom stereocenters. The Labute approximate surface area is 146 Å². The molecule has 8 heteroatoms. The van der Waals surface area contributed by atoms with Crippen molar-refractivity contribution in [2.45, 2.75) is 13.0 Å². The number of halogens is 1. The van der Waals surface area contributed by atoms with Gasteiger partial charge in [0, 0.05) is 42.7 Å². The van der Waals surface area contributed by atoms with E-state index < -0.39 is 0 Å². The molecule has 0 aromatic carbocycles. The van der Waals surface area contributed by atoms with Crippen LogP contribution in [0, 0.1) is 11.3 Å². The SMILES string of the molecule is CN1CCc2nc(Nc3ncc4oc(C#N)cc4c3Br)ncc2C1. The number of nitrogens with zero attached hydrogens (tertiary/aromatic N) is 5. The molecule has 0 radical (unpaired) electrons. The second-order valence-corrected chi connectivity index (χ2v) is 6.49. The molecule has 0 spiro atoms. The highest BCUT2D eigenvalue weighted by Crippen LogP contribution is 2.32.